The van der Waals surface area contributed by atoms with Gasteiger partial charge in [-0.15, -0.1) is 5.10 Å². The first-order chi connectivity index (χ1) is 12.8. The van der Waals surface area contributed by atoms with Crippen molar-refractivity contribution in [1.82, 2.24) is 15.2 Å². The molecule has 0 aliphatic rings. The lowest BCUT2D eigenvalue weighted by atomic mass is 10.2. The lowest BCUT2D eigenvalue weighted by Crippen LogP contribution is -2.34. The van der Waals surface area contributed by atoms with E-state index in [1.54, 1.807) is 65.8 Å². The summed E-state index contributed by atoms with van der Waals surface area (Å²) in [6.45, 7) is 10.5. The van der Waals surface area contributed by atoms with Gasteiger partial charge in [-0.05, 0) is 63.7 Å². The van der Waals surface area contributed by atoms with E-state index in [-0.39, 0.29) is 18.0 Å². The van der Waals surface area contributed by atoms with Crippen molar-refractivity contribution in [2.45, 2.75) is 59.2 Å². The largest absolute Gasteiger partial charge is 0.335 e. The number of rotatable bonds is 6. The number of hydrogen-bond acceptors (Lipinski definition) is 8. The number of aromatic nitrogens is 3. The minimum Gasteiger partial charge on any atom is -0.314 e. The van der Waals surface area contributed by atoms with Crippen molar-refractivity contribution >= 4 is 24.5 Å². The summed E-state index contributed by atoms with van der Waals surface area (Å²) in [4.78, 5) is 30.0. The quantitative estimate of drug-likeness (QED) is 0.527. The predicted octanol–water partition coefficient (Wildman–Crippen LogP) is 2.96. The topological polar surface area (TPSA) is 110 Å². The second-order valence-corrected chi connectivity index (χ2v) is 10.3. The first-order valence-corrected chi connectivity index (χ1v) is 10.6. The van der Waals surface area contributed by atoms with Gasteiger partial charge in [-0.1, -0.05) is 12.1 Å². The van der Waals surface area contributed by atoms with E-state index in [0.717, 1.165) is 0 Å². The molecule has 0 aliphatic heterocycles. The minimum atomic E-state index is -3.60. The van der Waals surface area contributed by atoms with Crippen LogP contribution in [0.4, 0.5) is 0 Å². The fourth-order valence-electron chi connectivity index (χ4n) is 2.35. The summed E-state index contributed by atoms with van der Waals surface area (Å²) in [7, 11) is -3.60. The maximum absolute atomic E-state index is 13.1. The summed E-state index contributed by atoms with van der Waals surface area (Å²) in [5.74, 6) is -0.804. The number of hydrogen-bond donors (Lipinski definition) is 0. The van der Waals surface area contributed by atoms with Crippen LogP contribution in [0.3, 0.4) is 0 Å². The van der Waals surface area contributed by atoms with Crippen LogP contribution in [0.1, 0.15) is 48.0 Å². The summed E-state index contributed by atoms with van der Waals surface area (Å²) in [6.07, 6.45) is -0.486. The fourth-order valence-corrected chi connectivity index (χ4v) is 4.69. The molecule has 0 fully saturated rings. The van der Waals surface area contributed by atoms with Crippen molar-refractivity contribution in [1.29, 1.82) is 0 Å². The molecule has 1 aromatic carbocycles. The van der Waals surface area contributed by atoms with Gasteiger partial charge in [0, 0.05) is 0 Å². The second-order valence-electron chi connectivity index (χ2n) is 8.24. The molecule has 0 saturated carbocycles. The summed E-state index contributed by atoms with van der Waals surface area (Å²) < 4.78 is 24.3. The molecule has 0 N–H and O–H groups in total. The van der Waals surface area contributed by atoms with E-state index in [4.69, 9.17) is 13.9 Å². The summed E-state index contributed by atoms with van der Waals surface area (Å²) in [5.41, 5.74) is -1.68. The van der Waals surface area contributed by atoms with Gasteiger partial charge in [0.25, 0.3) is 0 Å². The predicted molar refractivity (Wildman–Crippen MR) is 104 cm³/mol. The molecule has 9 nitrogen and oxygen atoms in total. The summed E-state index contributed by atoms with van der Waals surface area (Å²) in [6, 6.07) is 6.56. The Balaban J connectivity index is 2.12. The molecule has 0 unspecified atom stereocenters. The highest BCUT2D eigenvalue weighted by molar-refractivity contribution is 7.53. The molecule has 0 aliphatic carbocycles. The molecule has 28 heavy (non-hydrogen) atoms. The van der Waals surface area contributed by atoms with Crippen molar-refractivity contribution in [3.05, 3.63) is 34.6 Å². The maximum Gasteiger partial charge on any atom is 0.335 e. The molecular weight excluding hydrogens is 385 g/mol. The zero-order chi connectivity index (χ0) is 21.2. The van der Waals surface area contributed by atoms with Gasteiger partial charge in [0.1, 0.15) is 5.52 Å². The monoisotopic (exact) mass is 411 g/mol. The first-order valence-electron chi connectivity index (χ1n) is 8.85. The van der Waals surface area contributed by atoms with E-state index in [1.807, 2.05) is 0 Å². The Kier molecular flexibility index (Phi) is 6.43. The normalized spacial score (nSPS) is 12.9. The Morgan fingerprint density at radius 2 is 1.64 bits per heavy atom. The fraction of sp³-hybridized carbons (Fsp3) is 0.556. The van der Waals surface area contributed by atoms with Gasteiger partial charge in [0.15, 0.2) is 0 Å². The molecule has 10 heteroatoms. The van der Waals surface area contributed by atoms with Gasteiger partial charge in [-0.25, -0.2) is 4.79 Å². The van der Waals surface area contributed by atoms with Crippen molar-refractivity contribution in [3.63, 3.8) is 0 Å². The third kappa shape index (κ3) is 6.51. The highest BCUT2D eigenvalue weighted by Crippen LogP contribution is 2.54. The Morgan fingerprint density at radius 3 is 2.21 bits per heavy atom. The van der Waals surface area contributed by atoms with Crippen LogP contribution < -0.4 is 10.4 Å². The van der Waals surface area contributed by atoms with E-state index in [1.165, 1.54) is 0 Å². The lowest BCUT2D eigenvalue weighted by molar-refractivity contribution is -0.146. The molecule has 2 aromatic rings. The molecular formula is C18H26N3O6P. The van der Waals surface area contributed by atoms with Gasteiger partial charge < -0.3 is 13.9 Å². The third-order valence-electron chi connectivity index (χ3n) is 3.15. The number of nitrogens with zero attached hydrogens (tertiary/aromatic N) is 3. The van der Waals surface area contributed by atoms with Gasteiger partial charge in [0.05, 0.1) is 29.2 Å². The Hall–Kier alpha value is -2.09. The molecule has 154 valence electrons. The minimum absolute atomic E-state index is 0.198. The SMILES string of the molecule is CC(C)(C)OP(=O)(CCC(=O)On1nnc2ccccc2c1=O)OC(C)(C)C. The summed E-state index contributed by atoms with van der Waals surface area (Å²) >= 11 is 0. The van der Waals surface area contributed by atoms with E-state index in [2.05, 4.69) is 10.3 Å². The first kappa shape index (κ1) is 22.2. The average Bonchev–Trinajstić information content (AvgIpc) is 2.52. The van der Waals surface area contributed by atoms with Crippen molar-refractivity contribution in [2.24, 2.45) is 0 Å². The average molecular weight is 411 g/mol. The van der Waals surface area contributed by atoms with Crippen molar-refractivity contribution < 1.29 is 23.2 Å². The Bertz CT molecular complexity index is 938. The van der Waals surface area contributed by atoms with Crippen LogP contribution in [0.2, 0.25) is 0 Å². The van der Waals surface area contributed by atoms with Crippen molar-refractivity contribution in [3.8, 4) is 0 Å². The zero-order valence-electron chi connectivity index (χ0n) is 17.0. The van der Waals surface area contributed by atoms with Crippen LogP contribution in [0.25, 0.3) is 10.9 Å². The number of benzene rings is 1. The molecule has 0 spiro atoms. The number of fused-ring (bicyclic) bond motifs is 1. The Labute approximate surface area is 163 Å². The highest BCUT2D eigenvalue weighted by Gasteiger charge is 2.35. The molecule has 0 saturated heterocycles. The van der Waals surface area contributed by atoms with Gasteiger partial charge >= 0.3 is 19.1 Å². The standard InChI is InChI=1S/C18H26N3O6P/c1-17(2,3)26-28(24,27-18(4,5)6)12-11-15(22)25-21-16(23)13-9-7-8-10-14(13)19-20-21/h7-10H,11-12H2,1-6H3. The molecule has 2 rings (SSSR count). The van der Waals surface area contributed by atoms with Gasteiger partial charge in [0.2, 0.25) is 0 Å². The van der Waals surface area contributed by atoms with Crippen LogP contribution in [-0.4, -0.2) is 38.5 Å². The molecule has 1 heterocycles. The highest BCUT2D eigenvalue weighted by atomic mass is 31.2. The van der Waals surface area contributed by atoms with E-state index < -0.39 is 30.3 Å². The lowest BCUT2D eigenvalue weighted by Gasteiger charge is -2.31. The van der Waals surface area contributed by atoms with Crippen molar-refractivity contribution in [2.75, 3.05) is 6.16 Å². The number of carbonyl (C=O) groups is 1. The zero-order valence-corrected chi connectivity index (χ0v) is 17.9. The van der Waals surface area contributed by atoms with Crippen LogP contribution in [-0.2, 0) is 18.4 Å². The van der Waals surface area contributed by atoms with Crippen LogP contribution in [0, 0.1) is 0 Å². The van der Waals surface area contributed by atoms with Crippen LogP contribution in [0.5, 0.6) is 0 Å². The maximum atomic E-state index is 13.1. The van der Waals surface area contributed by atoms with E-state index >= 15 is 0 Å². The second kappa shape index (κ2) is 8.11. The molecule has 0 atom stereocenters. The number of carbonyl (C=O) groups excluding carboxylic acids is 1. The van der Waals surface area contributed by atoms with Gasteiger partial charge in [-0.2, -0.15) is 0 Å². The summed E-state index contributed by atoms with van der Waals surface area (Å²) in [5, 5.41) is 7.69. The van der Waals surface area contributed by atoms with Crippen LogP contribution in [0.15, 0.2) is 29.1 Å². The smallest absolute Gasteiger partial charge is 0.314 e. The molecule has 0 amide bonds. The van der Waals surface area contributed by atoms with E-state index in [9.17, 15) is 14.2 Å². The Morgan fingerprint density at radius 1 is 1.07 bits per heavy atom. The van der Waals surface area contributed by atoms with E-state index in [0.29, 0.717) is 10.4 Å². The molecule has 1 aromatic heterocycles. The molecule has 0 bridgehead atoms. The van der Waals surface area contributed by atoms with Gasteiger partial charge in [-0.3, -0.25) is 9.36 Å². The molecule has 0 radical (unpaired) electrons. The van der Waals surface area contributed by atoms with Crippen LogP contribution >= 0.6 is 7.60 Å². The third-order valence-corrected chi connectivity index (χ3v) is 5.57.